The average molecular weight is 624 g/mol. The van der Waals surface area contributed by atoms with Crippen molar-refractivity contribution in [2.75, 3.05) is 6.61 Å². The number of hydrogen-bond donors (Lipinski definition) is 3. The van der Waals surface area contributed by atoms with Gasteiger partial charge in [0.05, 0.1) is 18.8 Å². The van der Waals surface area contributed by atoms with Gasteiger partial charge in [-0.15, -0.1) is 0 Å². The number of carbonyl (C=O) groups excluding carboxylic acids is 1. The fourth-order valence-electron chi connectivity index (χ4n) is 6.48. The summed E-state index contributed by atoms with van der Waals surface area (Å²) in [6, 6.07) is -0.528. The number of unbranched alkanes of at least 4 members (excludes halogenated alkanes) is 30. The normalized spacial score (nSPS) is 12.9. The van der Waals surface area contributed by atoms with Crippen LogP contribution < -0.4 is 5.32 Å². The van der Waals surface area contributed by atoms with E-state index in [1.165, 1.54) is 180 Å². The molecule has 4 heteroatoms. The summed E-state index contributed by atoms with van der Waals surface area (Å²) in [5.41, 5.74) is 0. The van der Waals surface area contributed by atoms with Crippen LogP contribution in [0.4, 0.5) is 0 Å². The number of aliphatic hydroxyl groups is 2. The SMILES string of the molecule is CCCCCCCCCCCCCCCCCCCCC(=O)NC(CO)C(O)CCCCCCCCCCCCCCCC. The van der Waals surface area contributed by atoms with Gasteiger partial charge in [-0.1, -0.05) is 213 Å². The van der Waals surface area contributed by atoms with Crippen molar-refractivity contribution in [3.63, 3.8) is 0 Å². The lowest BCUT2D eigenvalue weighted by molar-refractivity contribution is -0.123. The summed E-state index contributed by atoms with van der Waals surface area (Å²) >= 11 is 0. The first-order chi connectivity index (χ1) is 21.7. The molecule has 2 unspecified atom stereocenters. The lowest BCUT2D eigenvalue weighted by atomic mass is 10.0. The molecule has 0 fully saturated rings. The van der Waals surface area contributed by atoms with E-state index >= 15 is 0 Å². The Balaban J connectivity index is 3.49. The molecule has 2 atom stereocenters. The van der Waals surface area contributed by atoms with Crippen molar-refractivity contribution in [3.8, 4) is 0 Å². The van der Waals surface area contributed by atoms with Gasteiger partial charge in [0, 0.05) is 6.42 Å². The second-order valence-electron chi connectivity index (χ2n) is 14.1. The summed E-state index contributed by atoms with van der Waals surface area (Å²) in [5.74, 6) is -0.0273. The minimum atomic E-state index is -0.651. The quantitative estimate of drug-likeness (QED) is 0.0603. The molecule has 0 spiro atoms. The van der Waals surface area contributed by atoms with Gasteiger partial charge in [-0.25, -0.2) is 0 Å². The minimum Gasteiger partial charge on any atom is -0.394 e. The Morgan fingerprint density at radius 2 is 0.727 bits per heavy atom. The largest absolute Gasteiger partial charge is 0.394 e. The number of carbonyl (C=O) groups is 1. The first-order valence-corrected chi connectivity index (χ1v) is 20.2. The summed E-state index contributed by atoms with van der Waals surface area (Å²) in [6.07, 6.45) is 43.1. The van der Waals surface area contributed by atoms with Crippen LogP contribution in [0.5, 0.6) is 0 Å². The number of nitrogens with one attached hydrogen (secondary N) is 1. The molecule has 0 aliphatic heterocycles. The highest BCUT2D eigenvalue weighted by Gasteiger charge is 2.19. The van der Waals surface area contributed by atoms with Crippen molar-refractivity contribution < 1.29 is 15.0 Å². The number of aliphatic hydroxyl groups excluding tert-OH is 2. The molecule has 0 aliphatic carbocycles. The van der Waals surface area contributed by atoms with Crippen LogP contribution in [-0.2, 0) is 4.79 Å². The van der Waals surface area contributed by atoms with Crippen LogP contribution >= 0.6 is 0 Å². The van der Waals surface area contributed by atoms with E-state index in [0.717, 1.165) is 25.7 Å². The summed E-state index contributed by atoms with van der Waals surface area (Å²) < 4.78 is 0. The maximum Gasteiger partial charge on any atom is 0.220 e. The molecule has 1 amide bonds. The highest BCUT2D eigenvalue weighted by Crippen LogP contribution is 2.16. The van der Waals surface area contributed by atoms with E-state index < -0.39 is 12.1 Å². The first-order valence-electron chi connectivity index (χ1n) is 20.2. The predicted octanol–water partition coefficient (Wildman–Crippen LogP) is 12.1. The molecular weight excluding hydrogens is 542 g/mol. The fourth-order valence-corrected chi connectivity index (χ4v) is 6.48. The summed E-state index contributed by atoms with van der Waals surface area (Å²) in [6.45, 7) is 4.37. The molecule has 0 aromatic carbocycles. The van der Waals surface area contributed by atoms with E-state index in [1.807, 2.05) is 0 Å². The molecule has 0 aliphatic rings. The van der Waals surface area contributed by atoms with Crippen molar-refractivity contribution in [2.24, 2.45) is 0 Å². The Morgan fingerprint density at radius 3 is 1.02 bits per heavy atom. The average Bonchev–Trinajstić information content (AvgIpc) is 3.03. The van der Waals surface area contributed by atoms with Gasteiger partial charge in [-0.3, -0.25) is 4.79 Å². The first kappa shape index (κ1) is 43.4. The zero-order valence-corrected chi connectivity index (χ0v) is 30.2. The van der Waals surface area contributed by atoms with E-state index in [1.54, 1.807) is 0 Å². The van der Waals surface area contributed by atoms with E-state index in [4.69, 9.17) is 0 Å². The van der Waals surface area contributed by atoms with E-state index in [2.05, 4.69) is 19.2 Å². The molecule has 0 aromatic heterocycles. The predicted molar refractivity (Wildman–Crippen MR) is 193 cm³/mol. The topological polar surface area (TPSA) is 69.6 Å². The van der Waals surface area contributed by atoms with Crippen LogP contribution in [0.15, 0.2) is 0 Å². The molecule has 0 aromatic rings. The molecule has 0 bridgehead atoms. The number of rotatable bonds is 37. The minimum absolute atomic E-state index is 0.0273. The fraction of sp³-hybridized carbons (Fsp3) is 0.975. The molecular formula is C40H81NO3. The van der Waals surface area contributed by atoms with E-state index in [-0.39, 0.29) is 12.5 Å². The lowest BCUT2D eigenvalue weighted by Crippen LogP contribution is -2.45. The van der Waals surface area contributed by atoms with E-state index in [0.29, 0.717) is 12.8 Å². The van der Waals surface area contributed by atoms with Gasteiger partial charge in [0.15, 0.2) is 0 Å². The Hall–Kier alpha value is -0.610. The van der Waals surface area contributed by atoms with Crippen LogP contribution in [0, 0.1) is 0 Å². The number of amides is 1. The van der Waals surface area contributed by atoms with Gasteiger partial charge in [0.1, 0.15) is 0 Å². The Labute approximate surface area is 276 Å². The third kappa shape index (κ3) is 32.8. The van der Waals surface area contributed by atoms with Crippen LogP contribution in [0.25, 0.3) is 0 Å². The summed E-state index contributed by atoms with van der Waals surface area (Å²) in [4.78, 5) is 12.4. The molecule has 0 rings (SSSR count). The third-order valence-electron chi connectivity index (χ3n) is 9.62. The second kappa shape index (κ2) is 36.9. The molecule has 4 nitrogen and oxygen atoms in total. The zero-order valence-electron chi connectivity index (χ0n) is 30.2. The van der Waals surface area contributed by atoms with Crippen molar-refractivity contribution in [1.82, 2.24) is 5.32 Å². The molecule has 0 radical (unpaired) electrons. The Bertz CT molecular complexity index is 555. The molecule has 264 valence electrons. The maximum absolute atomic E-state index is 12.4. The smallest absolute Gasteiger partial charge is 0.220 e. The molecule has 0 saturated carbocycles. The van der Waals surface area contributed by atoms with Crippen LogP contribution in [-0.4, -0.2) is 34.9 Å². The molecule has 0 saturated heterocycles. The molecule has 44 heavy (non-hydrogen) atoms. The van der Waals surface area contributed by atoms with Gasteiger partial charge < -0.3 is 15.5 Å². The monoisotopic (exact) mass is 624 g/mol. The van der Waals surface area contributed by atoms with Gasteiger partial charge in [0.25, 0.3) is 0 Å². The van der Waals surface area contributed by atoms with Crippen LogP contribution in [0.2, 0.25) is 0 Å². The van der Waals surface area contributed by atoms with Gasteiger partial charge in [-0.05, 0) is 12.8 Å². The van der Waals surface area contributed by atoms with Gasteiger partial charge in [0.2, 0.25) is 5.91 Å². The Morgan fingerprint density at radius 1 is 0.455 bits per heavy atom. The van der Waals surface area contributed by atoms with Crippen LogP contribution in [0.3, 0.4) is 0 Å². The Kier molecular flexibility index (Phi) is 36.3. The van der Waals surface area contributed by atoms with Gasteiger partial charge >= 0.3 is 0 Å². The zero-order chi connectivity index (χ0) is 32.2. The van der Waals surface area contributed by atoms with Crippen LogP contribution in [0.1, 0.15) is 232 Å². The lowest BCUT2D eigenvalue weighted by Gasteiger charge is -2.22. The highest BCUT2D eigenvalue weighted by atomic mass is 16.3. The van der Waals surface area contributed by atoms with Crippen molar-refractivity contribution >= 4 is 5.91 Å². The standard InChI is InChI=1S/C40H81NO3/c1-3-5-7-9-11-13-15-17-19-20-21-22-24-26-28-30-32-34-36-40(44)41-38(37-42)39(43)35-33-31-29-27-25-23-18-16-14-12-10-8-6-4-2/h38-39,42-43H,3-37H2,1-2H3,(H,41,44). The third-order valence-corrected chi connectivity index (χ3v) is 9.62. The van der Waals surface area contributed by atoms with Crippen molar-refractivity contribution in [1.29, 1.82) is 0 Å². The van der Waals surface area contributed by atoms with Crippen molar-refractivity contribution in [3.05, 3.63) is 0 Å². The molecule has 3 N–H and O–H groups in total. The maximum atomic E-state index is 12.4. The van der Waals surface area contributed by atoms with E-state index in [9.17, 15) is 15.0 Å². The number of hydrogen-bond acceptors (Lipinski definition) is 3. The van der Waals surface area contributed by atoms with Gasteiger partial charge in [-0.2, -0.15) is 0 Å². The van der Waals surface area contributed by atoms with Crippen molar-refractivity contribution in [2.45, 2.75) is 244 Å². The summed E-state index contributed by atoms with van der Waals surface area (Å²) in [5, 5.41) is 23.1. The molecule has 0 heterocycles. The highest BCUT2D eigenvalue weighted by molar-refractivity contribution is 5.76. The summed E-state index contributed by atoms with van der Waals surface area (Å²) in [7, 11) is 0. The second-order valence-corrected chi connectivity index (χ2v) is 14.1.